The molecule has 90 valence electrons. The summed E-state index contributed by atoms with van der Waals surface area (Å²) in [4.78, 5) is 0. The Kier molecular flexibility index (Phi) is 3.82. The normalized spacial score (nSPS) is 14.8. The van der Waals surface area contributed by atoms with Gasteiger partial charge < -0.3 is 5.73 Å². The molecule has 16 heavy (non-hydrogen) atoms. The highest BCUT2D eigenvalue weighted by atomic mass is 79.9. The van der Waals surface area contributed by atoms with E-state index in [0.29, 0.717) is 0 Å². The maximum absolute atomic E-state index is 11.6. The SMILES string of the molecule is CC(C)(C(N)c1ccc(Br)cc1)S(C)(=O)=O. The van der Waals surface area contributed by atoms with Gasteiger partial charge >= 0.3 is 0 Å². The van der Waals surface area contributed by atoms with E-state index < -0.39 is 20.6 Å². The molecule has 1 aromatic carbocycles. The first-order valence-corrected chi connectivity index (χ1v) is 7.55. The van der Waals surface area contributed by atoms with E-state index in [0.717, 1.165) is 10.0 Å². The molecule has 0 bridgehead atoms. The van der Waals surface area contributed by atoms with Crippen LogP contribution in [0.15, 0.2) is 28.7 Å². The fourth-order valence-corrected chi connectivity index (χ4v) is 2.16. The fraction of sp³-hybridized carbons (Fsp3) is 0.455. The van der Waals surface area contributed by atoms with E-state index in [1.165, 1.54) is 6.26 Å². The summed E-state index contributed by atoms with van der Waals surface area (Å²) in [5, 5.41) is 0. The minimum atomic E-state index is -3.20. The molecule has 1 rings (SSSR count). The van der Waals surface area contributed by atoms with Gasteiger partial charge in [0.25, 0.3) is 0 Å². The van der Waals surface area contributed by atoms with Crippen LogP contribution in [0.3, 0.4) is 0 Å². The third-order valence-electron chi connectivity index (χ3n) is 2.93. The monoisotopic (exact) mass is 305 g/mol. The van der Waals surface area contributed by atoms with Gasteiger partial charge in [0.2, 0.25) is 0 Å². The zero-order valence-electron chi connectivity index (χ0n) is 9.57. The van der Waals surface area contributed by atoms with Crippen molar-refractivity contribution in [3.05, 3.63) is 34.3 Å². The van der Waals surface area contributed by atoms with Crippen molar-refractivity contribution in [1.29, 1.82) is 0 Å². The lowest BCUT2D eigenvalue weighted by Gasteiger charge is -2.30. The van der Waals surface area contributed by atoms with Crippen LogP contribution in [0.2, 0.25) is 0 Å². The van der Waals surface area contributed by atoms with E-state index in [2.05, 4.69) is 15.9 Å². The van der Waals surface area contributed by atoms with Gasteiger partial charge in [-0.15, -0.1) is 0 Å². The van der Waals surface area contributed by atoms with Crippen molar-refractivity contribution in [1.82, 2.24) is 0 Å². The molecule has 1 unspecified atom stereocenters. The number of halogens is 1. The van der Waals surface area contributed by atoms with E-state index in [4.69, 9.17) is 5.73 Å². The predicted molar refractivity (Wildman–Crippen MR) is 70.0 cm³/mol. The second-order valence-corrected chi connectivity index (χ2v) is 7.92. The van der Waals surface area contributed by atoms with Crippen LogP contribution in [0.25, 0.3) is 0 Å². The second-order valence-electron chi connectivity index (χ2n) is 4.40. The lowest BCUT2D eigenvalue weighted by molar-refractivity contribution is 0.496. The summed E-state index contributed by atoms with van der Waals surface area (Å²) >= 11 is 3.33. The maximum atomic E-state index is 11.6. The summed E-state index contributed by atoms with van der Waals surface area (Å²) in [6.07, 6.45) is 1.21. The Bertz CT molecular complexity index is 465. The van der Waals surface area contributed by atoms with Crippen LogP contribution in [-0.2, 0) is 9.84 Å². The summed E-state index contributed by atoms with van der Waals surface area (Å²) < 4.78 is 23.3. The molecule has 0 spiro atoms. The Labute approximate surface area is 105 Å². The molecular formula is C11H16BrNO2S. The molecule has 0 heterocycles. The molecule has 0 aliphatic rings. The highest BCUT2D eigenvalue weighted by molar-refractivity contribution is 9.10. The summed E-state index contributed by atoms with van der Waals surface area (Å²) in [5.41, 5.74) is 6.83. The largest absolute Gasteiger partial charge is 0.323 e. The molecule has 0 aliphatic heterocycles. The number of nitrogens with two attached hydrogens (primary N) is 1. The Morgan fingerprint density at radius 2 is 1.69 bits per heavy atom. The van der Waals surface area contributed by atoms with Crippen molar-refractivity contribution in [2.75, 3.05) is 6.26 Å². The van der Waals surface area contributed by atoms with Crippen LogP contribution in [-0.4, -0.2) is 19.4 Å². The van der Waals surface area contributed by atoms with Crippen molar-refractivity contribution in [2.45, 2.75) is 24.6 Å². The molecule has 0 saturated carbocycles. The first-order valence-electron chi connectivity index (χ1n) is 4.87. The molecule has 0 fully saturated rings. The lowest BCUT2D eigenvalue weighted by atomic mass is 9.96. The van der Waals surface area contributed by atoms with Crippen molar-refractivity contribution in [3.8, 4) is 0 Å². The standard InChI is InChI=1S/C11H16BrNO2S/c1-11(2,16(3,14)15)10(13)8-4-6-9(12)7-5-8/h4-7,10H,13H2,1-3H3. The molecule has 0 aliphatic carbocycles. The first-order chi connectivity index (χ1) is 7.16. The molecule has 0 amide bonds. The summed E-state index contributed by atoms with van der Waals surface area (Å²) in [7, 11) is -3.20. The average Bonchev–Trinajstić information content (AvgIpc) is 2.16. The number of hydrogen-bond donors (Lipinski definition) is 1. The van der Waals surface area contributed by atoms with Crippen LogP contribution in [0.4, 0.5) is 0 Å². The minimum Gasteiger partial charge on any atom is -0.323 e. The number of hydrogen-bond acceptors (Lipinski definition) is 3. The Morgan fingerprint density at radius 1 is 1.25 bits per heavy atom. The van der Waals surface area contributed by atoms with Crippen molar-refractivity contribution in [2.24, 2.45) is 5.73 Å². The molecule has 2 N–H and O–H groups in total. The van der Waals surface area contributed by atoms with Crippen LogP contribution in [0.5, 0.6) is 0 Å². The van der Waals surface area contributed by atoms with Crippen molar-refractivity contribution in [3.63, 3.8) is 0 Å². The molecule has 5 heteroatoms. The van der Waals surface area contributed by atoms with Gasteiger partial charge in [-0.2, -0.15) is 0 Å². The molecule has 0 saturated heterocycles. The summed E-state index contributed by atoms with van der Waals surface area (Å²) in [5.74, 6) is 0. The molecule has 3 nitrogen and oxygen atoms in total. The van der Waals surface area contributed by atoms with Crippen molar-refractivity contribution < 1.29 is 8.42 Å². The van der Waals surface area contributed by atoms with Crippen LogP contribution >= 0.6 is 15.9 Å². The predicted octanol–water partition coefficient (Wildman–Crippen LogP) is 2.27. The summed E-state index contributed by atoms with van der Waals surface area (Å²) in [6.45, 7) is 3.30. The van der Waals surface area contributed by atoms with E-state index in [1.807, 2.05) is 24.3 Å². The van der Waals surface area contributed by atoms with Gasteiger partial charge in [0.15, 0.2) is 9.84 Å². The van der Waals surface area contributed by atoms with E-state index >= 15 is 0 Å². The second kappa shape index (κ2) is 4.47. The highest BCUT2D eigenvalue weighted by Gasteiger charge is 2.37. The molecule has 0 aromatic heterocycles. The van der Waals surface area contributed by atoms with Crippen LogP contribution in [0, 0.1) is 0 Å². The van der Waals surface area contributed by atoms with Gasteiger partial charge in [-0.25, -0.2) is 8.42 Å². The zero-order chi connectivity index (χ0) is 12.6. The van der Waals surface area contributed by atoms with Crippen LogP contribution < -0.4 is 5.73 Å². The molecule has 0 radical (unpaired) electrons. The van der Waals surface area contributed by atoms with Gasteiger partial charge in [0.05, 0.1) is 4.75 Å². The first kappa shape index (κ1) is 13.7. The Hall–Kier alpha value is -0.390. The fourth-order valence-electron chi connectivity index (χ4n) is 1.30. The van der Waals surface area contributed by atoms with Gasteiger partial charge in [-0.1, -0.05) is 28.1 Å². The number of rotatable bonds is 3. The lowest BCUT2D eigenvalue weighted by Crippen LogP contribution is -2.42. The highest BCUT2D eigenvalue weighted by Crippen LogP contribution is 2.30. The number of sulfone groups is 1. The quantitative estimate of drug-likeness (QED) is 0.932. The average molecular weight is 306 g/mol. The van der Waals surface area contributed by atoms with E-state index in [1.54, 1.807) is 13.8 Å². The topological polar surface area (TPSA) is 60.2 Å². The smallest absolute Gasteiger partial charge is 0.154 e. The Morgan fingerprint density at radius 3 is 2.06 bits per heavy atom. The Balaban J connectivity index is 3.12. The third kappa shape index (κ3) is 2.64. The van der Waals surface area contributed by atoms with Crippen molar-refractivity contribution >= 4 is 25.8 Å². The van der Waals surface area contributed by atoms with E-state index in [9.17, 15) is 8.42 Å². The molecule has 1 aromatic rings. The van der Waals surface area contributed by atoms with Gasteiger partial charge in [0, 0.05) is 16.8 Å². The zero-order valence-corrected chi connectivity index (χ0v) is 12.0. The number of benzene rings is 1. The van der Waals surface area contributed by atoms with Gasteiger partial charge in [-0.3, -0.25) is 0 Å². The maximum Gasteiger partial charge on any atom is 0.154 e. The minimum absolute atomic E-state index is 0.532. The molecule has 1 atom stereocenters. The van der Waals surface area contributed by atoms with Gasteiger partial charge in [-0.05, 0) is 31.5 Å². The van der Waals surface area contributed by atoms with E-state index in [-0.39, 0.29) is 0 Å². The summed E-state index contributed by atoms with van der Waals surface area (Å²) in [6, 6.07) is 6.85. The van der Waals surface area contributed by atoms with Gasteiger partial charge in [0.1, 0.15) is 0 Å². The van der Waals surface area contributed by atoms with Crippen LogP contribution in [0.1, 0.15) is 25.5 Å². The molecular weight excluding hydrogens is 290 g/mol. The third-order valence-corrected chi connectivity index (χ3v) is 5.63.